The summed E-state index contributed by atoms with van der Waals surface area (Å²) in [7, 11) is -4.81. The predicted octanol–water partition coefficient (Wildman–Crippen LogP) is -2.60. The van der Waals surface area contributed by atoms with Gasteiger partial charge < -0.3 is 18.9 Å². The van der Waals surface area contributed by atoms with Gasteiger partial charge in [-0.2, -0.15) is 0 Å². The van der Waals surface area contributed by atoms with E-state index >= 15 is 0 Å². The molecule has 4 nitrogen and oxygen atoms in total. The Labute approximate surface area is 216 Å². The number of rotatable bonds is 13. The van der Waals surface area contributed by atoms with E-state index in [-0.39, 0.29) is 115 Å². The first-order chi connectivity index (χ1) is 8.99. The molecule has 0 rings (SSSR count). The van der Waals surface area contributed by atoms with Crippen molar-refractivity contribution in [2.75, 3.05) is 6.61 Å². The summed E-state index contributed by atoms with van der Waals surface area (Å²) in [5.41, 5.74) is 0. The number of hydrogen-bond acceptors (Lipinski definition) is 4. The van der Waals surface area contributed by atoms with Crippen molar-refractivity contribution in [1.29, 1.82) is 0 Å². The fraction of sp³-hybridized carbons (Fsp3) is 1.00. The van der Waals surface area contributed by atoms with Gasteiger partial charge in [-0.25, -0.2) is 0 Å². The molecule has 0 N–H and O–H groups in total. The van der Waals surface area contributed by atoms with Gasteiger partial charge in [0.2, 0.25) is 0 Å². The van der Waals surface area contributed by atoms with Crippen LogP contribution in [-0.2, 0) is 9.09 Å². The smallest absolute Gasteiger partial charge is 0.790 e. The minimum absolute atomic E-state index is 0. The van der Waals surface area contributed by atoms with Gasteiger partial charge in [-0.3, -0.25) is 0 Å². The number of phosphoric ester groups is 1. The normalized spacial score (nSPS) is 11.1. The molecule has 0 aromatic rings. The van der Waals surface area contributed by atoms with Gasteiger partial charge in [-0.15, -0.1) is 0 Å². The first-order valence-corrected chi connectivity index (χ1v) is 9.12. The van der Waals surface area contributed by atoms with Crippen LogP contribution < -0.4 is 113 Å². The largest absolute Gasteiger partial charge is 1.00 e. The molecule has 21 heavy (non-hydrogen) atoms. The molecule has 0 atom stereocenters. The van der Waals surface area contributed by atoms with Crippen molar-refractivity contribution in [3.05, 3.63) is 0 Å². The Hall–Kier alpha value is 3.38. The van der Waals surface area contributed by atoms with E-state index in [0.717, 1.165) is 25.7 Å². The van der Waals surface area contributed by atoms with E-state index < -0.39 is 7.82 Å². The molecule has 0 saturated heterocycles. The molecular weight excluding hydrogens is 341 g/mol. The Morgan fingerprint density at radius 3 is 1.62 bits per heavy atom. The molecule has 0 spiro atoms. The van der Waals surface area contributed by atoms with Crippen molar-refractivity contribution in [3.8, 4) is 0 Å². The second kappa shape index (κ2) is 19.7. The monoisotopic (exact) mass is 370 g/mol. The Morgan fingerprint density at radius 2 is 1.29 bits per heavy atom. The molecule has 0 amide bonds. The van der Waals surface area contributed by atoms with Crippen LogP contribution in [0.1, 0.15) is 78.1 Å². The molecule has 0 bridgehead atoms. The van der Waals surface area contributed by atoms with Crippen molar-refractivity contribution in [3.63, 3.8) is 0 Å². The molecule has 0 aliphatic heterocycles. The molecular formula is C14H29K2O4P. The van der Waals surface area contributed by atoms with Gasteiger partial charge in [0.25, 0.3) is 0 Å². The zero-order valence-electron chi connectivity index (χ0n) is 14.4. The van der Waals surface area contributed by atoms with E-state index in [1.807, 2.05) is 0 Å². The maximum atomic E-state index is 10.5. The quantitative estimate of drug-likeness (QED) is 0.202. The molecule has 0 aromatic heterocycles. The van der Waals surface area contributed by atoms with Crippen LogP contribution >= 0.6 is 7.82 Å². The summed E-state index contributed by atoms with van der Waals surface area (Å²) in [6.07, 6.45) is 11.3. The van der Waals surface area contributed by atoms with Gasteiger partial charge in [-0.05, 0) is 18.8 Å². The fourth-order valence-electron chi connectivity index (χ4n) is 2.23. The molecule has 0 aliphatic rings. The molecule has 0 radical (unpaired) electrons. The fourth-order valence-corrected chi connectivity index (χ4v) is 2.62. The molecule has 116 valence electrons. The zero-order chi connectivity index (χ0) is 14.6. The number of hydrogen-bond donors (Lipinski definition) is 0. The maximum Gasteiger partial charge on any atom is 1.00 e. The molecule has 7 heteroatoms. The topological polar surface area (TPSA) is 72.4 Å². The van der Waals surface area contributed by atoms with Gasteiger partial charge >= 0.3 is 103 Å². The second-order valence-electron chi connectivity index (χ2n) is 5.31. The van der Waals surface area contributed by atoms with E-state index in [0.29, 0.717) is 0 Å². The van der Waals surface area contributed by atoms with Gasteiger partial charge in [-0.1, -0.05) is 65.2 Å². The second-order valence-corrected chi connectivity index (χ2v) is 6.46. The minimum atomic E-state index is -4.81. The summed E-state index contributed by atoms with van der Waals surface area (Å²) < 4.78 is 15.0. The molecule has 0 unspecified atom stereocenters. The van der Waals surface area contributed by atoms with Crippen LogP contribution in [0.4, 0.5) is 0 Å². The molecule has 0 saturated carbocycles. The Morgan fingerprint density at radius 1 is 0.857 bits per heavy atom. The van der Waals surface area contributed by atoms with E-state index in [2.05, 4.69) is 18.4 Å². The molecule has 0 aromatic carbocycles. The predicted molar refractivity (Wildman–Crippen MR) is 74.6 cm³/mol. The summed E-state index contributed by atoms with van der Waals surface area (Å²) in [5.74, 6) is 0.213. The van der Waals surface area contributed by atoms with Crippen molar-refractivity contribution in [2.45, 2.75) is 78.1 Å². The van der Waals surface area contributed by atoms with Crippen molar-refractivity contribution >= 4 is 7.82 Å². The average molecular weight is 371 g/mol. The summed E-state index contributed by atoms with van der Waals surface area (Å²) >= 11 is 0. The maximum absolute atomic E-state index is 10.5. The van der Waals surface area contributed by atoms with E-state index in [4.69, 9.17) is 0 Å². The van der Waals surface area contributed by atoms with Crippen molar-refractivity contribution in [1.82, 2.24) is 0 Å². The van der Waals surface area contributed by atoms with Gasteiger partial charge in [0.15, 0.2) is 0 Å². The van der Waals surface area contributed by atoms with Crippen LogP contribution in [0.15, 0.2) is 0 Å². The van der Waals surface area contributed by atoms with Crippen LogP contribution in [0.2, 0.25) is 0 Å². The van der Waals surface area contributed by atoms with E-state index in [9.17, 15) is 14.4 Å². The Bertz CT molecular complexity index is 237. The molecule has 0 aliphatic carbocycles. The third-order valence-electron chi connectivity index (χ3n) is 3.40. The third kappa shape index (κ3) is 23.4. The minimum Gasteiger partial charge on any atom is -0.790 e. The van der Waals surface area contributed by atoms with Crippen LogP contribution in [0.25, 0.3) is 0 Å². The summed E-state index contributed by atoms with van der Waals surface area (Å²) in [5, 5.41) is 0. The van der Waals surface area contributed by atoms with Crippen LogP contribution in [0, 0.1) is 5.92 Å². The average Bonchev–Trinajstić information content (AvgIpc) is 2.34. The first-order valence-electron chi connectivity index (χ1n) is 7.66. The van der Waals surface area contributed by atoms with Gasteiger partial charge in [0.05, 0.1) is 14.4 Å². The summed E-state index contributed by atoms with van der Waals surface area (Å²) in [4.78, 5) is 21.1. The Kier molecular flexibility index (Phi) is 27.4. The van der Waals surface area contributed by atoms with Gasteiger partial charge in [0.1, 0.15) is 0 Å². The number of phosphoric acid groups is 1. The van der Waals surface area contributed by atoms with Crippen molar-refractivity contribution < 1.29 is 122 Å². The molecule has 0 heterocycles. The summed E-state index contributed by atoms with van der Waals surface area (Å²) in [6, 6.07) is 0. The van der Waals surface area contributed by atoms with E-state index in [1.165, 1.54) is 38.5 Å². The van der Waals surface area contributed by atoms with E-state index in [1.54, 1.807) is 0 Å². The SMILES string of the molecule is CCCCCCC(CCCCCC)COP(=O)([O-])[O-].[K+].[K+]. The third-order valence-corrected chi connectivity index (χ3v) is 3.87. The van der Waals surface area contributed by atoms with Crippen LogP contribution in [-0.4, -0.2) is 6.61 Å². The van der Waals surface area contributed by atoms with Gasteiger partial charge in [0, 0.05) is 0 Å². The first kappa shape index (κ1) is 29.2. The summed E-state index contributed by atoms with van der Waals surface area (Å²) in [6.45, 7) is 4.40. The van der Waals surface area contributed by atoms with Crippen LogP contribution in [0.5, 0.6) is 0 Å². The van der Waals surface area contributed by atoms with Crippen LogP contribution in [0.3, 0.4) is 0 Å². The number of unbranched alkanes of at least 4 members (excludes halogenated alkanes) is 6. The standard InChI is InChI=1S/C14H31O4P.2K/c1-3-5-7-9-11-14(12-10-8-6-4-2)13-18-19(15,16)17;;/h14H,3-13H2,1-2H3,(H2,15,16,17);;/q;2*+1/p-2. The molecule has 0 fully saturated rings. The zero-order valence-corrected chi connectivity index (χ0v) is 21.6. The van der Waals surface area contributed by atoms with Crippen molar-refractivity contribution in [2.24, 2.45) is 5.92 Å². The Balaban J connectivity index is -0.00000162.